The highest BCUT2D eigenvalue weighted by atomic mass is 31.2. The van der Waals surface area contributed by atoms with Gasteiger partial charge in [0, 0.05) is 19.4 Å². The summed E-state index contributed by atoms with van der Waals surface area (Å²) in [6.45, 7) is 3.70. The van der Waals surface area contributed by atoms with E-state index in [0.717, 1.165) is 64.2 Å². The Morgan fingerprint density at radius 1 is 0.341 bits per heavy atom. The third-order valence-corrected chi connectivity index (χ3v) is 18.6. The molecule has 0 fully saturated rings. The van der Waals surface area contributed by atoms with Gasteiger partial charge in [-0.2, -0.15) is 0 Å². The normalized spacial score (nSPS) is 13.2. The van der Waals surface area contributed by atoms with Crippen molar-refractivity contribution in [2.45, 2.75) is 405 Å². The molecule has 0 aliphatic heterocycles. The third-order valence-electron chi connectivity index (χ3n) is 17.6. The molecule has 0 aromatic rings. The molecule has 0 radical (unpaired) electrons. The van der Waals surface area contributed by atoms with Crippen LogP contribution in [0.3, 0.4) is 0 Å². The van der Waals surface area contributed by atoms with Gasteiger partial charge in [-0.25, -0.2) is 4.57 Å². The van der Waals surface area contributed by atoms with Crippen LogP contribution in [0.1, 0.15) is 399 Å². The molecule has 2 unspecified atom stereocenters. The molecular formula is C81H150NO8P. The zero-order valence-electron chi connectivity index (χ0n) is 60.1. The number of phosphoric ester groups is 1. The first-order valence-electron chi connectivity index (χ1n) is 39.4. The van der Waals surface area contributed by atoms with E-state index in [-0.39, 0.29) is 38.6 Å². The second-order valence-corrected chi connectivity index (χ2v) is 28.0. The zero-order chi connectivity index (χ0) is 65.8. The molecule has 0 aliphatic carbocycles. The molecule has 532 valence electrons. The van der Waals surface area contributed by atoms with E-state index >= 15 is 0 Å². The van der Waals surface area contributed by atoms with Crippen LogP contribution in [-0.4, -0.2) is 49.3 Å². The topological polar surface area (TPSA) is 134 Å². The van der Waals surface area contributed by atoms with Crippen molar-refractivity contribution in [3.63, 3.8) is 0 Å². The number of hydrogen-bond donors (Lipinski definition) is 2. The number of rotatable bonds is 75. The quantitative estimate of drug-likeness (QED) is 0.0264. The van der Waals surface area contributed by atoms with Crippen LogP contribution in [0.4, 0.5) is 0 Å². The minimum atomic E-state index is -4.39. The summed E-state index contributed by atoms with van der Waals surface area (Å²) in [6, 6.07) is 0. The fourth-order valence-electron chi connectivity index (χ4n) is 11.8. The van der Waals surface area contributed by atoms with E-state index in [2.05, 4.69) is 86.8 Å². The number of nitrogens with two attached hydrogens (primary N) is 1. The molecule has 0 saturated heterocycles. The summed E-state index contributed by atoms with van der Waals surface area (Å²) in [7, 11) is -4.39. The zero-order valence-corrected chi connectivity index (χ0v) is 61.0. The lowest BCUT2D eigenvalue weighted by Crippen LogP contribution is -2.29. The van der Waals surface area contributed by atoms with Crippen LogP contribution >= 0.6 is 7.82 Å². The van der Waals surface area contributed by atoms with Crippen LogP contribution in [0.2, 0.25) is 0 Å². The van der Waals surface area contributed by atoms with Gasteiger partial charge in [-0.15, -0.1) is 0 Å². The van der Waals surface area contributed by atoms with Crippen molar-refractivity contribution in [1.82, 2.24) is 0 Å². The van der Waals surface area contributed by atoms with Crippen LogP contribution in [-0.2, 0) is 32.7 Å². The van der Waals surface area contributed by atoms with Gasteiger partial charge < -0.3 is 20.1 Å². The molecule has 0 amide bonds. The predicted octanol–water partition coefficient (Wildman–Crippen LogP) is 26.3. The first kappa shape index (κ1) is 88.5. The molecular weight excluding hydrogens is 1150 g/mol. The Balaban J connectivity index is 3.77. The smallest absolute Gasteiger partial charge is 0.462 e. The number of unbranched alkanes of at least 4 members (excludes halogenated alkanes) is 50. The number of phosphoric acid groups is 1. The first-order valence-corrected chi connectivity index (χ1v) is 40.9. The molecule has 0 aromatic heterocycles. The van der Waals surface area contributed by atoms with Gasteiger partial charge in [0.05, 0.1) is 13.2 Å². The highest BCUT2D eigenvalue weighted by molar-refractivity contribution is 7.47. The van der Waals surface area contributed by atoms with Crippen molar-refractivity contribution in [1.29, 1.82) is 0 Å². The Hall–Kier alpha value is -2.55. The SMILES string of the molecule is CC/C=C\C/C=C\C/C=C\C/C=C\C/C=C\CCCCCCCCCCCCCCCCCCCCCCCCCC(=O)OC(COC(=O)CCCCCCCCCCCCCCCCCCCCC/C=C\CCCCCCCCCC)COP(=O)(O)OCCN. The van der Waals surface area contributed by atoms with E-state index in [0.29, 0.717) is 6.42 Å². The van der Waals surface area contributed by atoms with Crippen molar-refractivity contribution in [2.75, 3.05) is 26.4 Å². The van der Waals surface area contributed by atoms with Gasteiger partial charge in [0.1, 0.15) is 6.61 Å². The van der Waals surface area contributed by atoms with Crippen molar-refractivity contribution < 1.29 is 37.6 Å². The van der Waals surface area contributed by atoms with Gasteiger partial charge in [-0.05, 0) is 83.5 Å². The predicted molar refractivity (Wildman–Crippen MR) is 395 cm³/mol. The number of carbonyl (C=O) groups is 2. The highest BCUT2D eigenvalue weighted by Crippen LogP contribution is 2.43. The average molecular weight is 1300 g/mol. The molecule has 0 heterocycles. The van der Waals surface area contributed by atoms with E-state index in [4.69, 9.17) is 24.3 Å². The molecule has 0 aliphatic rings. The van der Waals surface area contributed by atoms with Gasteiger partial charge in [0.2, 0.25) is 0 Å². The Morgan fingerprint density at radius 2 is 0.604 bits per heavy atom. The molecule has 0 aromatic carbocycles. The summed E-state index contributed by atoms with van der Waals surface area (Å²) < 4.78 is 33.3. The number of esters is 2. The number of hydrogen-bond acceptors (Lipinski definition) is 8. The fourth-order valence-corrected chi connectivity index (χ4v) is 12.5. The second kappa shape index (κ2) is 76.5. The summed E-state index contributed by atoms with van der Waals surface area (Å²) in [6.07, 6.45) is 102. The summed E-state index contributed by atoms with van der Waals surface area (Å²) in [4.78, 5) is 35.5. The molecule has 3 N–H and O–H groups in total. The number of carbonyl (C=O) groups excluding carboxylic acids is 2. The van der Waals surface area contributed by atoms with Crippen molar-refractivity contribution >= 4 is 19.8 Å². The lowest BCUT2D eigenvalue weighted by molar-refractivity contribution is -0.161. The molecule has 0 rings (SSSR count). The van der Waals surface area contributed by atoms with E-state index in [1.165, 1.54) is 302 Å². The fraction of sp³-hybridized carbons (Fsp3) is 0.827. The third kappa shape index (κ3) is 76.4. The standard InChI is InChI=1S/C81H150NO8P/c1-3-5-7-9-11-13-15-17-19-21-23-25-27-29-31-33-35-36-37-38-39-40-41-42-44-46-48-50-52-54-56-58-60-62-64-66-68-70-72-74-81(84)90-79(78-89-91(85,86)88-76-75-82)77-87-80(83)73-71-69-67-65-63-61-59-57-55-53-51-49-47-45-43-34-32-30-28-26-24-22-20-18-16-14-12-10-8-6-4-2/h5,7,11,13,17,19,22-25,29,31,79H,3-4,6,8-10,12,14-16,18,20-21,26-28,30,32-78,82H2,1-2H3,(H,85,86)/b7-5-,13-11-,19-17-,24-22-,25-23-,31-29-. The number of allylic oxidation sites excluding steroid dienone is 12. The van der Waals surface area contributed by atoms with E-state index < -0.39 is 26.5 Å². The minimum Gasteiger partial charge on any atom is -0.462 e. The maximum absolute atomic E-state index is 12.8. The van der Waals surface area contributed by atoms with E-state index in [1.54, 1.807) is 0 Å². The average Bonchev–Trinajstić information content (AvgIpc) is 3.71. The molecule has 2 atom stereocenters. The Kier molecular flexibility index (Phi) is 74.3. The van der Waals surface area contributed by atoms with Crippen LogP contribution in [0.15, 0.2) is 72.9 Å². The minimum absolute atomic E-state index is 0.0550. The van der Waals surface area contributed by atoms with E-state index in [1.807, 2.05) is 0 Å². The number of ether oxygens (including phenoxy) is 2. The Bertz CT molecular complexity index is 1720. The largest absolute Gasteiger partial charge is 0.472 e. The maximum atomic E-state index is 12.8. The van der Waals surface area contributed by atoms with Crippen LogP contribution in [0.25, 0.3) is 0 Å². The molecule has 0 spiro atoms. The van der Waals surface area contributed by atoms with E-state index in [9.17, 15) is 19.0 Å². The van der Waals surface area contributed by atoms with Gasteiger partial charge in [-0.3, -0.25) is 18.6 Å². The lowest BCUT2D eigenvalue weighted by Gasteiger charge is -2.19. The summed E-state index contributed by atoms with van der Waals surface area (Å²) in [5.74, 6) is -0.805. The van der Waals surface area contributed by atoms with Gasteiger partial charge >= 0.3 is 19.8 Å². The molecule has 0 bridgehead atoms. The van der Waals surface area contributed by atoms with Gasteiger partial charge in [0.25, 0.3) is 0 Å². The monoisotopic (exact) mass is 1300 g/mol. The Labute approximate surface area is 564 Å². The Morgan fingerprint density at radius 3 is 0.912 bits per heavy atom. The first-order chi connectivity index (χ1) is 44.8. The van der Waals surface area contributed by atoms with Crippen molar-refractivity contribution in [3.05, 3.63) is 72.9 Å². The summed E-state index contributed by atoms with van der Waals surface area (Å²) in [5, 5.41) is 0. The molecule has 10 heteroatoms. The molecule has 9 nitrogen and oxygen atoms in total. The van der Waals surface area contributed by atoms with Crippen LogP contribution < -0.4 is 5.73 Å². The van der Waals surface area contributed by atoms with Crippen LogP contribution in [0, 0.1) is 0 Å². The van der Waals surface area contributed by atoms with Crippen LogP contribution in [0.5, 0.6) is 0 Å². The molecule has 91 heavy (non-hydrogen) atoms. The molecule has 0 saturated carbocycles. The summed E-state index contributed by atoms with van der Waals surface area (Å²) >= 11 is 0. The second-order valence-electron chi connectivity index (χ2n) is 26.6. The van der Waals surface area contributed by atoms with Crippen molar-refractivity contribution in [3.8, 4) is 0 Å². The lowest BCUT2D eigenvalue weighted by atomic mass is 10.0. The van der Waals surface area contributed by atoms with Crippen molar-refractivity contribution in [2.24, 2.45) is 5.73 Å². The maximum Gasteiger partial charge on any atom is 0.472 e. The van der Waals surface area contributed by atoms with Gasteiger partial charge in [0.15, 0.2) is 6.10 Å². The van der Waals surface area contributed by atoms with Gasteiger partial charge in [-0.1, -0.05) is 376 Å². The summed E-state index contributed by atoms with van der Waals surface area (Å²) in [5.41, 5.74) is 5.41. The highest BCUT2D eigenvalue weighted by Gasteiger charge is 2.26.